The smallest absolute Gasteiger partial charge is 0.305 e. The number of unbranched alkanes of at least 4 members (excludes halogenated alkanes) is 47. The quantitative estimate of drug-likeness (QED) is 0.0417. The van der Waals surface area contributed by atoms with Gasteiger partial charge in [-0.15, -0.1) is 0 Å². The van der Waals surface area contributed by atoms with E-state index in [-0.39, 0.29) is 18.5 Å². The average molecular weight is 949 g/mol. The highest BCUT2D eigenvalue weighted by Gasteiger charge is 2.20. The van der Waals surface area contributed by atoms with Crippen molar-refractivity contribution >= 4 is 11.9 Å². The van der Waals surface area contributed by atoms with Gasteiger partial charge in [0, 0.05) is 12.8 Å². The second-order valence-corrected chi connectivity index (χ2v) is 21.4. The number of hydrogen-bond donors (Lipinski definition) is 3. The first-order valence-corrected chi connectivity index (χ1v) is 30.8. The molecule has 67 heavy (non-hydrogen) atoms. The van der Waals surface area contributed by atoms with Gasteiger partial charge in [0.25, 0.3) is 0 Å². The highest BCUT2D eigenvalue weighted by Crippen LogP contribution is 2.18. The zero-order valence-corrected chi connectivity index (χ0v) is 45.7. The third-order valence-corrected chi connectivity index (χ3v) is 14.7. The molecule has 0 saturated carbocycles. The van der Waals surface area contributed by atoms with Crippen molar-refractivity contribution in [2.24, 2.45) is 0 Å². The first-order chi connectivity index (χ1) is 33.0. The normalized spacial score (nSPS) is 12.5. The molecule has 6 nitrogen and oxygen atoms in total. The summed E-state index contributed by atoms with van der Waals surface area (Å²) in [5, 5.41) is 23.2. The lowest BCUT2D eigenvalue weighted by Gasteiger charge is -2.22. The van der Waals surface area contributed by atoms with Crippen LogP contribution in [0.15, 0.2) is 0 Å². The zero-order valence-electron chi connectivity index (χ0n) is 45.7. The molecule has 0 heterocycles. The average Bonchev–Trinajstić information content (AvgIpc) is 3.33. The molecule has 0 aromatic carbocycles. The molecule has 0 radical (unpaired) electrons. The first kappa shape index (κ1) is 65.9. The third-order valence-electron chi connectivity index (χ3n) is 14.7. The molecule has 2 unspecified atom stereocenters. The van der Waals surface area contributed by atoms with Crippen molar-refractivity contribution < 1.29 is 24.5 Å². The number of ether oxygens (including phenoxy) is 1. The SMILES string of the molecule is CCCCCCCCCCCCCCCCCCCCCC(=O)OCCCCCCCCCCCCCCCCCCCCCCC(=O)NC(CO)C(O)CCCCCCCCCCCCC. The van der Waals surface area contributed by atoms with Crippen LogP contribution in [-0.4, -0.2) is 47.4 Å². The van der Waals surface area contributed by atoms with Crippen LogP contribution >= 0.6 is 0 Å². The van der Waals surface area contributed by atoms with Crippen molar-refractivity contribution in [3.05, 3.63) is 0 Å². The van der Waals surface area contributed by atoms with E-state index in [9.17, 15) is 19.8 Å². The minimum absolute atomic E-state index is 0.0163. The molecule has 2 atom stereocenters. The summed E-state index contributed by atoms with van der Waals surface area (Å²) >= 11 is 0. The molecule has 3 N–H and O–H groups in total. The Morgan fingerprint density at radius 1 is 0.358 bits per heavy atom. The number of carbonyl (C=O) groups excluding carboxylic acids is 2. The summed E-state index contributed by atoms with van der Waals surface area (Å²) in [5.41, 5.74) is 0. The lowest BCUT2D eigenvalue weighted by atomic mass is 10.0. The van der Waals surface area contributed by atoms with Crippen molar-refractivity contribution in [1.82, 2.24) is 5.32 Å². The van der Waals surface area contributed by atoms with E-state index in [4.69, 9.17) is 4.74 Å². The van der Waals surface area contributed by atoms with Gasteiger partial charge in [-0.25, -0.2) is 0 Å². The topological polar surface area (TPSA) is 95.9 Å². The highest BCUT2D eigenvalue weighted by molar-refractivity contribution is 5.76. The van der Waals surface area contributed by atoms with E-state index in [0.717, 1.165) is 38.5 Å². The van der Waals surface area contributed by atoms with E-state index in [1.807, 2.05) is 0 Å². The van der Waals surface area contributed by atoms with E-state index < -0.39 is 12.1 Å². The number of carbonyl (C=O) groups is 2. The molecule has 0 aliphatic rings. The van der Waals surface area contributed by atoms with Crippen molar-refractivity contribution in [3.63, 3.8) is 0 Å². The lowest BCUT2D eigenvalue weighted by molar-refractivity contribution is -0.143. The summed E-state index contributed by atoms with van der Waals surface area (Å²) in [4.78, 5) is 24.5. The van der Waals surface area contributed by atoms with E-state index in [1.54, 1.807) is 0 Å². The molecule has 0 bridgehead atoms. The standard InChI is InChI=1S/C61H121NO5/c1-3-5-7-9-11-13-15-16-17-18-21-25-28-31-35-39-43-47-51-55-61(66)67-56-52-48-44-40-36-32-29-26-23-20-19-22-24-27-30-34-38-42-46-50-54-60(65)62-58(57-63)59(64)53-49-45-41-37-33-14-12-10-8-6-4-2/h58-59,63-64H,3-57H2,1-2H3,(H,62,65). The number of esters is 1. The van der Waals surface area contributed by atoms with Crippen molar-refractivity contribution in [3.8, 4) is 0 Å². The fourth-order valence-corrected chi connectivity index (χ4v) is 9.94. The molecule has 0 fully saturated rings. The number of nitrogens with one attached hydrogen (secondary N) is 1. The van der Waals surface area contributed by atoms with Gasteiger partial charge in [-0.3, -0.25) is 9.59 Å². The monoisotopic (exact) mass is 948 g/mol. The van der Waals surface area contributed by atoms with Gasteiger partial charge in [-0.1, -0.05) is 316 Å². The molecule has 6 heteroatoms. The summed E-state index contributed by atoms with van der Waals surface area (Å²) in [6, 6.07) is -0.540. The molecule has 0 rings (SSSR count). The Bertz CT molecular complexity index is 959. The van der Waals surface area contributed by atoms with Gasteiger partial charge in [0.15, 0.2) is 0 Å². The zero-order chi connectivity index (χ0) is 48.6. The Kier molecular flexibility index (Phi) is 56.5. The Morgan fingerprint density at radius 3 is 0.910 bits per heavy atom. The molecule has 400 valence electrons. The van der Waals surface area contributed by atoms with Gasteiger partial charge in [-0.05, 0) is 25.7 Å². The Morgan fingerprint density at radius 2 is 0.612 bits per heavy atom. The van der Waals surface area contributed by atoms with E-state index in [2.05, 4.69) is 19.2 Å². The summed E-state index contributed by atoms with van der Waals surface area (Å²) in [5.74, 6) is -0.0194. The number of aliphatic hydroxyl groups excluding tert-OH is 2. The van der Waals surface area contributed by atoms with Crippen LogP contribution in [0.2, 0.25) is 0 Å². The lowest BCUT2D eigenvalue weighted by Crippen LogP contribution is -2.45. The second kappa shape index (κ2) is 57.4. The molecular weight excluding hydrogens is 827 g/mol. The fraction of sp³-hybridized carbons (Fsp3) is 0.967. The van der Waals surface area contributed by atoms with E-state index in [0.29, 0.717) is 25.9 Å². The third kappa shape index (κ3) is 54.0. The van der Waals surface area contributed by atoms with Crippen LogP contribution in [0.5, 0.6) is 0 Å². The van der Waals surface area contributed by atoms with Crippen LogP contribution < -0.4 is 5.32 Å². The van der Waals surface area contributed by atoms with Gasteiger partial charge in [0.2, 0.25) is 5.91 Å². The van der Waals surface area contributed by atoms with Gasteiger partial charge in [0.1, 0.15) is 0 Å². The Labute approximate surface area is 419 Å². The summed E-state index contributed by atoms with van der Waals surface area (Å²) in [6.07, 6.45) is 66.9. The molecule has 0 saturated heterocycles. The van der Waals surface area contributed by atoms with Gasteiger partial charge in [-0.2, -0.15) is 0 Å². The molecule has 0 aliphatic heterocycles. The molecular formula is C61H121NO5. The van der Waals surface area contributed by atoms with Crippen molar-refractivity contribution in [2.75, 3.05) is 13.2 Å². The minimum atomic E-state index is -0.663. The van der Waals surface area contributed by atoms with Crippen LogP contribution in [0.25, 0.3) is 0 Å². The van der Waals surface area contributed by atoms with Crippen molar-refractivity contribution in [1.29, 1.82) is 0 Å². The van der Waals surface area contributed by atoms with Gasteiger partial charge < -0.3 is 20.3 Å². The molecule has 0 aliphatic carbocycles. The molecule has 1 amide bonds. The van der Waals surface area contributed by atoms with Crippen LogP contribution in [0.3, 0.4) is 0 Å². The van der Waals surface area contributed by atoms with E-state index >= 15 is 0 Å². The van der Waals surface area contributed by atoms with Crippen LogP contribution in [0.1, 0.15) is 354 Å². The Balaban J connectivity index is 3.33. The summed E-state index contributed by atoms with van der Waals surface area (Å²) in [6.45, 7) is 4.97. The highest BCUT2D eigenvalue weighted by atomic mass is 16.5. The van der Waals surface area contributed by atoms with Crippen LogP contribution in [0, 0.1) is 0 Å². The number of aliphatic hydroxyl groups is 2. The fourth-order valence-electron chi connectivity index (χ4n) is 9.94. The molecule has 0 spiro atoms. The number of amides is 1. The number of hydrogen-bond acceptors (Lipinski definition) is 5. The molecule has 0 aromatic heterocycles. The van der Waals surface area contributed by atoms with Crippen molar-refractivity contribution in [2.45, 2.75) is 366 Å². The van der Waals surface area contributed by atoms with Crippen LogP contribution in [0.4, 0.5) is 0 Å². The second-order valence-electron chi connectivity index (χ2n) is 21.4. The maximum atomic E-state index is 12.4. The van der Waals surface area contributed by atoms with Gasteiger partial charge >= 0.3 is 5.97 Å². The number of rotatable bonds is 58. The first-order valence-electron chi connectivity index (χ1n) is 30.8. The summed E-state index contributed by atoms with van der Waals surface area (Å²) in [7, 11) is 0. The van der Waals surface area contributed by atoms with Gasteiger partial charge in [0.05, 0.1) is 25.4 Å². The Hall–Kier alpha value is -1.14. The molecule has 0 aromatic rings. The van der Waals surface area contributed by atoms with E-state index in [1.165, 1.54) is 283 Å². The maximum absolute atomic E-state index is 12.4. The predicted molar refractivity (Wildman–Crippen MR) is 292 cm³/mol. The maximum Gasteiger partial charge on any atom is 0.305 e. The minimum Gasteiger partial charge on any atom is -0.466 e. The largest absolute Gasteiger partial charge is 0.466 e. The summed E-state index contributed by atoms with van der Waals surface area (Å²) < 4.78 is 5.50. The van der Waals surface area contributed by atoms with Crippen LogP contribution in [-0.2, 0) is 14.3 Å². The predicted octanol–water partition coefficient (Wildman–Crippen LogP) is 19.1.